The summed E-state index contributed by atoms with van der Waals surface area (Å²) in [6, 6.07) is 13.4. The second-order valence-electron chi connectivity index (χ2n) is 5.33. The predicted octanol–water partition coefficient (Wildman–Crippen LogP) is 5.41. The molecule has 1 N–H and O–H groups in total. The molecule has 0 saturated carbocycles. The number of carbonyl (C=O) groups is 1. The molecule has 0 fully saturated rings. The van der Waals surface area contributed by atoms with E-state index in [0.29, 0.717) is 16.5 Å². The largest absolute Gasteiger partial charge is 0.322 e. The summed E-state index contributed by atoms with van der Waals surface area (Å²) in [5, 5.41) is 3.46. The number of nitrogens with one attached hydrogen (secondary N) is 1. The lowest BCUT2D eigenvalue weighted by atomic mass is 9.96. The van der Waals surface area contributed by atoms with Gasteiger partial charge in [0.25, 0.3) is 5.91 Å². The molecule has 1 amide bonds. The average molecular weight is 302 g/mol. The van der Waals surface area contributed by atoms with Crippen molar-refractivity contribution in [2.45, 2.75) is 33.1 Å². The number of aryl methyl sites for hydroxylation is 1. The first-order chi connectivity index (χ1) is 10.0. The zero-order valence-electron chi connectivity index (χ0n) is 12.6. The summed E-state index contributed by atoms with van der Waals surface area (Å²) in [4.78, 5) is 12.4. The minimum atomic E-state index is -0.171. The van der Waals surface area contributed by atoms with E-state index in [1.54, 1.807) is 12.1 Å². The molecule has 0 heterocycles. The van der Waals surface area contributed by atoms with Gasteiger partial charge in [-0.05, 0) is 48.6 Å². The quantitative estimate of drug-likeness (QED) is 0.803. The van der Waals surface area contributed by atoms with E-state index in [-0.39, 0.29) is 5.91 Å². The van der Waals surface area contributed by atoms with Crippen molar-refractivity contribution >= 4 is 23.2 Å². The summed E-state index contributed by atoms with van der Waals surface area (Å²) >= 11 is 6.16. The topological polar surface area (TPSA) is 29.1 Å². The van der Waals surface area contributed by atoms with Crippen LogP contribution < -0.4 is 5.32 Å². The van der Waals surface area contributed by atoms with Gasteiger partial charge in [-0.2, -0.15) is 0 Å². The fourth-order valence-corrected chi connectivity index (χ4v) is 2.58. The van der Waals surface area contributed by atoms with Gasteiger partial charge in [0, 0.05) is 5.69 Å². The molecule has 0 aliphatic heterocycles. The zero-order chi connectivity index (χ0) is 15.4. The first-order valence-electron chi connectivity index (χ1n) is 7.19. The Hall–Kier alpha value is -1.80. The number of halogens is 1. The summed E-state index contributed by atoms with van der Waals surface area (Å²) in [7, 11) is 0. The number of anilines is 1. The third kappa shape index (κ3) is 3.64. The molecule has 0 saturated heterocycles. The van der Waals surface area contributed by atoms with Crippen molar-refractivity contribution in [2.75, 3.05) is 5.32 Å². The van der Waals surface area contributed by atoms with Crippen molar-refractivity contribution < 1.29 is 4.79 Å². The Morgan fingerprint density at radius 3 is 2.62 bits per heavy atom. The van der Waals surface area contributed by atoms with Crippen LogP contribution in [0.25, 0.3) is 0 Å². The highest BCUT2D eigenvalue weighted by Crippen LogP contribution is 2.27. The SMILES string of the molecule is CC[C@@H](C)c1ccccc1NC(=O)c1ccc(C)cc1Cl. The Bertz CT molecular complexity index is 651. The van der Waals surface area contributed by atoms with Gasteiger partial charge in [0.2, 0.25) is 0 Å². The maximum Gasteiger partial charge on any atom is 0.257 e. The Kier molecular flexibility index (Phi) is 5.03. The third-order valence-electron chi connectivity index (χ3n) is 3.72. The van der Waals surface area contributed by atoms with Gasteiger partial charge < -0.3 is 5.32 Å². The van der Waals surface area contributed by atoms with Crippen LogP contribution in [0, 0.1) is 6.92 Å². The highest BCUT2D eigenvalue weighted by Gasteiger charge is 2.14. The highest BCUT2D eigenvalue weighted by molar-refractivity contribution is 6.34. The van der Waals surface area contributed by atoms with Gasteiger partial charge in [-0.1, -0.05) is 49.7 Å². The second-order valence-corrected chi connectivity index (χ2v) is 5.74. The first-order valence-corrected chi connectivity index (χ1v) is 7.57. The smallest absolute Gasteiger partial charge is 0.257 e. The molecule has 2 aromatic carbocycles. The van der Waals surface area contributed by atoms with Crippen LogP contribution in [-0.2, 0) is 0 Å². The number of para-hydroxylation sites is 1. The maximum absolute atomic E-state index is 12.4. The molecule has 21 heavy (non-hydrogen) atoms. The van der Waals surface area contributed by atoms with Crippen LogP contribution in [0.5, 0.6) is 0 Å². The van der Waals surface area contributed by atoms with Crippen molar-refractivity contribution in [1.82, 2.24) is 0 Å². The molecule has 110 valence electrons. The van der Waals surface area contributed by atoms with Crippen LogP contribution in [0.15, 0.2) is 42.5 Å². The van der Waals surface area contributed by atoms with Gasteiger partial charge >= 0.3 is 0 Å². The molecule has 0 spiro atoms. The van der Waals surface area contributed by atoms with Gasteiger partial charge in [-0.25, -0.2) is 0 Å². The normalized spacial score (nSPS) is 12.0. The van der Waals surface area contributed by atoms with E-state index < -0.39 is 0 Å². The van der Waals surface area contributed by atoms with Crippen molar-refractivity contribution in [3.63, 3.8) is 0 Å². The molecular formula is C18H20ClNO. The van der Waals surface area contributed by atoms with E-state index in [4.69, 9.17) is 11.6 Å². The van der Waals surface area contributed by atoms with E-state index in [9.17, 15) is 4.79 Å². The highest BCUT2D eigenvalue weighted by atomic mass is 35.5. The first kappa shape index (κ1) is 15.6. The number of rotatable bonds is 4. The second kappa shape index (κ2) is 6.77. The average Bonchev–Trinajstić information content (AvgIpc) is 2.46. The van der Waals surface area contributed by atoms with Crippen molar-refractivity contribution in [2.24, 2.45) is 0 Å². The number of carbonyl (C=O) groups excluding carboxylic acids is 1. The van der Waals surface area contributed by atoms with Crippen LogP contribution in [0.2, 0.25) is 5.02 Å². The minimum Gasteiger partial charge on any atom is -0.322 e. The lowest BCUT2D eigenvalue weighted by molar-refractivity contribution is 0.102. The molecule has 3 heteroatoms. The number of hydrogen-bond acceptors (Lipinski definition) is 1. The lowest BCUT2D eigenvalue weighted by Crippen LogP contribution is -2.14. The molecule has 0 bridgehead atoms. The fraction of sp³-hybridized carbons (Fsp3) is 0.278. The van der Waals surface area contributed by atoms with Crippen LogP contribution in [0.3, 0.4) is 0 Å². The Labute approximate surface area is 131 Å². The molecule has 2 nitrogen and oxygen atoms in total. The Morgan fingerprint density at radius 2 is 1.95 bits per heavy atom. The third-order valence-corrected chi connectivity index (χ3v) is 4.03. The molecular weight excluding hydrogens is 282 g/mol. The Morgan fingerprint density at radius 1 is 1.24 bits per heavy atom. The van der Waals surface area contributed by atoms with E-state index in [1.165, 1.54) is 0 Å². The summed E-state index contributed by atoms with van der Waals surface area (Å²) in [6.45, 7) is 6.25. The molecule has 0 aromatic heterocycles. The number of amides is 1. The van der Waals surface area contributed by atoms with Gasteiger partial charge in [0.1, 0.15) is 0 Å². The van der Waals surface area contributed by atoms with E-state index in [1.807, 2.05) is 31.2 Å². The van der Waals surface area contributed by atoms with Crippen LogP contribution >= 0.6 is 11.6 Å². The van der Waals surface area contributed by atoms with E-state index in [2.05, 4.69) is 25.2 Å². The molecule has 2 rings (SSSR count). The standard InChI is InChI=1S/C18H20ClNO/c1-4-13(3)14-7-5-6-8-17(14)20-18(21)15-10-9-12(2)11-16(15)19/h5-11,13H,4H2,1-3H3,(H,20,21)/t13-/m1/s1. The molecule has 0 aliphatic carbocycles. The molecule has 0 aliphatic rings. The van der Waals surface area contributed by atoms with Gasteiger partial charge in [0.05, 0.1) is 10.6 Å². The van der Waals surface area contributed by atoms with Crippen LogP contribution in [0.4, 0.5) is 5.69 Å². The summed E-state index contributed by atoms with van der Waals surface area (Å²) in [6.07, 6.45) is 1.03. The minimum absolute atomic E-state index is 0.171. The van der Waals surface area contributed by atoms with Crippen molar-refractivity contribution in [3.05, 3.63) is 64.2 Å². The fourth-order valence-electron chi connectivity index (χ4n) is 2.25. The van der Waals surface area contributed by atoms with Gasteiger partial charge in [-0.3, -0.25) is 4.79 Å². The van der Waals surface area contributed by atoms with Gasteiger partial charge in [-0.15, -0.1) is 0 Å². The Balaban J connectivity index is 2.28. The van der Waals surface area contributed by atoms with Crippen molar-refractivity contribution in [3.8, 4) is 0 Å². The van der Waals surface area contributed by atoms with E-state index >= 15 is 0 Å². The molecule has 0 unspecified atom stereocenters. The molecule has 1 atom stereocenters. The van der Waals surface area contributed by atoms with Crippen LogP contribution in [0.1, 0.15) is 47.7 Å². The lowest BCUT2D eigenvalue weighted by Gasteiger charge is -2.16. The maximum atomic E-state index is 12.4. The summed E-state index contributed by atoms with van der Waals surface area (Å²) < 4.78 is 0. The summed E-state index contributed by atoms with van der Waals surface area (Å²) in [5.41, 5.74) is 3.54. The van der Waals surface area contributed by atoms with Crippen molar-refractivity contribution in [1.29, 1.82) is 0 Å². The number of hydrogen-bond donors (Lipinski definition) is 1. The van der Waals surface area contributed by atoms with Crippen LogP contribution in [-0.4, -0.2) is 5.91 Å². The zero-order valence-corrected chi connectivity index (χ0v) is 13.4. The molecule has 0 radical (unpaired) electrons. The van der Waals surface area contributed by atoms with E-state index in [0.717, 1.165) is 23.2 Å². The predicted molar refractivity (Wildman–Crippen MR) is 89.3 cm³/mol. The number of benzene rings is 2. The summed E-state index contributed by atoms with van der Waals surface area (Å²) in [5.74, 6) is 0.228. The van der Waals surface area contributed by atoms with Gasteiger partial charge in [0.15, 0.2) is 0 Å². The molecule has 2 aromatic rings. The monoisotopic (exact) mass is 301 g/mol.